The maximum Gasteiger partial charge on any atom is 0.213 e. The van der Waals surface area contributed by atoms with Crippen LogP contribution in [0.25, 0.3) is 0 Å². The molecule has 60 valence electrons. The van der Waals surface area contributed by atoms with E-state index in [0.29, 0.717) is 19.4 Å². The molecule has 0 saturated carbocycles. The fourth-order valence-electron chi connectivity index (χ4n) is 0.911. The van der Waals surface area contributed by atoms with Gasteiger partial charge in [0.25, 0.3) is 0 Å². The number of carbonyl (C=O) groups excluding carboxylic acids is 2. The summed E-state index contributed by atoms with van der Waals surface area (Å²) in [5, 5.41) is 5.79. The molecule has 0 aliphatic carbocycles. The molecule has 0 amide bonds. The molecule has 11 heavy (non-hydrogen) atoms. The Balaban J connectivity index is 2.44. The quantitative estimate of drug-likeness (QED) is 0.388. The fraction of sp³-hybridized carbons (Fsp3) is 0.429. The van der Waals surface area contributed by atoms with Gasteiger partial charge in [0.2, 0.25) is 5.78 Å². The highest BCUT2D eigenvalue weighted by molar-refractivity contribution is 6.27. The second-order valence-corrected chi connectivity index (χ2v) is 2.44. The van der Waals surface area contributed by atoms with Gasteiger partial charge in [-0.05, 0) is 0 Å². The zero-order chi connectivity index (χ0) is 8.27. The van der Waals surface area contributed by atoms with E-state index in [1.54, 1.807) is 0 Å². The van der Waals surface area contributed by atoms with Crippen LogP contribution in [-0.2, 0) is 9.59 Å². The highest BCUT2D eigenvalue weighted by Gasteiger charge is 2.20. The van der Waals surface area contributed by atoms with Crippen LogP contribution in [0.5, 0.6) is 0 Å². The van der Waals surface area contributed by atoms with Gasteiger partial charge in [0.1, 0.15) is 0 Å². The first-order chi connectivity index (χ1) is 5.24. The molecule has 4 nitrogen and oxygen atoms in total. The molecule has 0 aromatic rings. The Labute approximate surface area is 64.7 Å². The highest BCUT2D eigenvalue weighted by Crippen LogP contribution is 1.93. The van der Waals surface area contributed by atoms with Gasteiger partial charge in [-0.15, -0.1) is 0 Å². The van der Waals surface area contributed by atoms with Crippen LogP contribution in [0.1, 0.15) is 0 Å². The SMILES string of the molecule is C=C1CNC(C(=O)C=O)CN1. The minimum absolute atomic E-state index is 0.341. The molecular formula is C7H10N2O2. The smallest absolute Gasteiger partial charge is 0.213 e. The number of rotatable bonds is 2. The summed E-state index contributed by atoms with van der Waals surface area (Å²) < 4.78 is 0. The summed E-state index contributed by atoms with van der Waals surface area (Å²) >= 11 is 0. The molecule has 4 heteroatoms. The Morgan fingerprint density at radius 2 is 2.45 bits per heavy atom. The van der Waals surface area contributed by atoms with Gasteiger partial charge in [0.15, 0.2) is 6.29 Å². The minimum Gasteiger partial charge on any atom is -0.386 e. The third-order valence-electron chi connectivity index (χ3n) is 1.58. The van der Waals surface area contributed by atoms with E-state index in [9.17, 15) is 9.59 Å². The lowest BCUT2D eigenvalue weighted by atomic mass is 10.1. The first-order valence-corrected chi connectivity index (χ1v) is 3.38. The van der Waals surface area contributed by atoms with Crippen molar-refractivity contribution >= 4 is 12.1 Å². The first kappa shape index (κ1) is 7.94. The lowest BCUT2D eigenvalue weighted by Gasteiger charge is -2.23. The summed E-state index contributed by atoms with van der Waals surface area (Å²) in [6.07, 6.45) is 0.341. The maximum atomic E-state index is 10.8. The molecule has 1 aliphatic heterocycles. The molecule has 0 aromatic carbocycles. The molecule has 0 aromatic heterocycles. The maximum absolute atomic E-state index is 10.8. The van der Waals surface area contributed by atoms with Crippen LogP contribution in [0.3, 0.4) is 0 Å². The Hall–Kier alpha value is -1.16. The molecule has 0 radical (unpaired) electrons. The Kier molecular flexibility index (Phi) is 2.38. The summed E-state index contributed by atoms with van der Waals surface area (Å²) in [6, 6.07) is -0.377. The summed E-state index contributed by atoms with van der Waals surface area (Å²) in [6.45, 7) is 4.66. The van der Waals surface area contributed by atoms with Crippen LogP contribution >= 0.6 is 0 Å². The fourth-order valence-corrected chi connectivity index (χ4v) is 0.911. The predicted octanol–water partition coefficient (Wildman–Crippen LogP) is -1.17. The summed E-state index contributed by atoms with van der Waals surface area (Å²) in [5.41, 5.74) is 0.847. The minimum atomic E-state index is -0.412. The molecule has 1 atom stereocenters. The van der Waals surface area contributed by atoms with Crippen molar-refractivity contribution in [3.8, 4) is 0 Å². The Morgan fingerprint density at radius 3 is 2.91 bits per heavy atom. The molecule has 0 spiro atoms. The van der Waals surface area contributed by atoms with E-state index in [1.807, 2.05) is 0 Å². The van der Waals surface area contributed by atoms with E-state index in [0.717, 1.165) is 5.70 Å². The number of piperazine rings is 1. The van der Waals surface area contributed by atoms with Crippen molar-refractivity contribution < 1.29 is 9.59 Å². The molecule has 1 heterocycles. The summed E-state index contributed by atoms with van der Waals surface area (Å²) in [5.74, 6) is -0.412. The highest BCUT2D eigenvalue weighted by atomic mass is 16.2. The standard InChI is InChI=1S/C7H10N2O2/c1-5-2-9-6(3-8-5)7(11)4-10/h4,6,8-9H,1-3H2. The number of carbonyl (C=O) groups is 2. The van der Waals surface area contributed by atoms with Crippen LogP contribution in [0.4, 0.5) is 0 Å². The van der Waals surface area contributed by atoms with Crippen LogP contribution < -0.4 is 10.6 Å². The Bertz CT molecular complexity index is 191. The number of hydrogen-bond donors (Lipinski definition) is 2. The van der Waals surface area contributed by atoms with Gasteiger partial charge in [-0.1, -0.05) is 6.58 Å². The van der Waals surface area contributed by atoms with E-state index < -0.39 is 5.78 Å². The molecule has 2 N–H and O–H groups in total. The molecular weight excluding hydrogens is 144 g/mol. The van der Waals surface area contributed by atoms with Gasteiger partial charge in [0.05, 0.1) is 6.04 Å². The average Bonchev–Trinajstić information content (AvgIpc) is 2.05. The summed E-state index contributed by atoms with van der Waals surface area (Å²) in [4.78, 5) is 20.8. The molecule has 1 rings (SSSR count). The molecule has 1 unspecified atom stereocenters. The van der Waals surface area contributed by atoms with E-state index in [4.69, 9.17) is 0 Å². The van der Waals surface area contributed by atoms with Crippen molar-refractivity contribution in [2.75, 3.05) is 13.1 Å². The van der Waals surface area contributed by atoms with Gasteiger partial charge >= 0.3 is 0 Å². The lowest BCUT2D eigenvalue weighted by Crippen LogP contribution is -2.51. The monoisotopic (exact) mass is 154 g/mol. The van der Waals surface area contributed by atoms with Crippen LogP contribution in [0.2, 0.25) is 0 Å². The van der Waals surface area contributed by atoms with Gasteiger partial charge < -0.3 is 10.6 Å². The van der Waals surface area contributed by atoms with E-state index in [-0.39, 0.29) is 6.04 Å². The van der Waals surface area contributed by atoms with Crippen molar-refractivity contribution in [3.63, 3.8) is 0 Å². The van der Waals surface area contributed by atoms with Crippen LogP contribution in [0, 0.1) is 0 Å². The molecule has 1 fully saturated rings. The first-order valence-electron chi connectivity index (χ1n) is 3.38. The topological polar surface area (TPSA) is 58.2 Å². The third kappa shape index (κ3) is 1.88. The van der Waals surface area contributed by atoms with Gasteiger partial charge in [-0.2, -0.15) is 0 Å². The number of hydrogen-bond acceptors (Lipinski definition) is 4. The van der Waals surface area contributed by atoms with Crippen molar-refractivity contribution in [1.29, 1.82) is 0 Å². The van der Waals surface area contributed by atoms with Crippen molar-refractivity contribution in [2.45, 2.75) is 6.04 Å². The van der Waals surface area contributed by atoms with E-state index in [1.165, 1.54) is 0 Å². The van der Waals surface area contributed by atoms with Crippen LogP contribution in [0.15, 0.2) is 12.3 Å². The third-order valence-corrected chi connectivity index (χ3v) is 1.58. The van der Waals surface area contributed by atoms with E-state index >= 15 is 0 Å². The number of aldehydes is 1. The molecule has 1 saturated heterocycles. The molecule has 0 bridgehead atoms. The Morgan fingerprint density at radius 1 is 1.73 bits per heavy atom. The second-order valence-electron chi connectivity index (χ2n) is 2.44. The molecule has 1 aliphatic rings. The lowest BCUT2D eigenvalue weighted by molar-refractivity contribution is -0.131. The van der Waals surface area contributed by atoms with E-state index in [2.05, 4.69) is 17.2 Å². The number of Topliss-reactive ketones (excluding diaryl/α,β-unsaturated/α-hetero) is 1. The van der Waals surface area contributed by atoms with Crippen molar-refractivity contribution in [1.82, 2.24) is 10.6 Å². The normalized spacial score (nSPS) is 24.0. The largest absolute Gasteiger partial charge is 0.386 e. The van der Waals surface area contributed by atoms with Gasteiger partial charge in [-0.25, -0.2) is 0 Å². The number of ketones is 1. The zero-order valence-electron chi connectivity index (χ0n) is 6.09. The second kappa shape index (κ2) is 3.30. The van der Waals surface area contributed by atoms with Crippen molar-refractivity contribution in [3.05, 3.63) is 12.3 Å². The predicted molar refractivity (Wildman–Crippen MR) is 40.0 cm³/mol. The van der Waals surface area contributed by atoms with Gasteiger partial charge in [0, 0.05) is 18.8 Å². The zero-order valence-corrected chi connectivity index (χ0v) is 6.09. The van der Waals surface area contributed by atoms with Crippen LogP contribution in [-0.4, -0.2) is 31.2 Å². The average molecular weight is 154 g/mol. The van der Waals surface area contributed by atoms with Crippen molar-refractivity contribution in [2.24, 2.45) is 0 Å². The van der Waals surface area contributed by atoms with Gasteiger partial charge in [-0.3, -0.25) is 9.59 Å². The summed E-state index contributed by atoms with van der Waals surface area (Å²) in [7, 11) is 0. The number of nitrogens with one attached hydrogen (secondary N) is 2.